The molecule has 5 nitrogen and oxygen atoms in total. The molecule has 1 heterocycles. The number of aryl methyl sites for hydroxylation is 1. The number of aliphatic carboxylic acids is 1. The minimum Gasteiger partial charge on any atom is -0.480 e. The van der Waals surface area contributed by atoms with Gasteiger partial charge in [-0.2, -0.15) is 0 Å². The Morgan fingerprint density at radius 1 is 1.26 bits per heavy atom. The number of thiophene rings is 1. The fraction of sp³-hybridized carbons (Fsp3) is 0.294. The van der Waals surface area contributed by atoms with Gasteiger partial charge in [0.05, 0.1) is 4.88 Å². The Bertz CT molecular complexity index is 678. The van der Waals surface area contributed by atoms with E-state index < -0.39 is 12.0 Å². The number of amides is 1. The number of carboxylic acids is 1. The van der Waals surface area contributed by atoms with Crippen LogP contribution in [0.5, 0.6) is 0 Å². The van der Waals surface area contributed by atoms with Crippen LogP contribution in [0, 0.1) is 6.92 Å². The molecule has 0 radical (unpaired) electrons. The van der Waals surface area contributed by atoms with E-state index in [9.17, 15) is 14.7 Å². The summed E-state index contributed by atoms with van der Waals surface area (Å²) in [7, 11) is 1.50. The van der Waals surface area contributed by atoms with E-state index in [4.69, 9.17) is 4.74 Å². The molecule has 23 heavy (non-hydrogen) atoms. The van der Waals surface area contributed by atoms with Crippen LogP contribution in [0.3, 0.4) is 0 Å². The van der Waals surface area contributed by atoms with Crippen LogP contribution in [0.15, 0.2) is 35.7 Å². The maximum absolute atomic E-state index is 12.4. The van der Waals surface area contributed by atoms with Crippen molar-refractivity contribution in [2.45, 2.75) is 19.4 Å². The lowest BCUT2D eigenvalue weighted by atomic mass is 10.0. The molecule has 2 rings (SSSR count). The van der Waals surface area contributed by atoms with Gasteiger partial charge in [-0.25, -0.2) is 4.79 Å². The van der Waals surface area contributed by atoms with Crippen LogP contribution in [0.25, 0.3) is 11.1 Å². The summed E-state index contributed by atoms with van der Waals surface area (Å²) in [6.07, 6.45) is 0.225. The molecule has 0 saturated heterocycles. The van der Waals surface area contributed by atoms with Crippen molar-refractivity contribution < 1.29 is 19.4 Å². The maximum Gasteiger partial charge on any atom is 0.326 e. The van der Waals surface area contributed by atoms with E-state index in [1.54, 1.807) is 0 Å². The van der Waals surface area contributed by atoms with Crippen LogP contribution >= 0.6 is 11.3 Å². The third kappa shape index (κ3) is 4.40. The highest BCUT2D eigenvalue weighted by Gasteiger charge is 2.22. The highest BCUT2D eigenvalue weighted by Crippen LogP contribution is 2.28. The minimum absolute atomic E-state index is 0.225. The van der Waals surface area contributed by atoms with Crippen molar-refractivity contribution in [2.24, 2.45) is 0 Å². The summed E-state index contributed by atoms with van der Waals surface area (Å²) in [4.78, 5) is 24.2. The predicted octanol–water partition coefficient (Wildman–Crippen LogP) is 2.94. The first kappa shape index (κ1) is 17.2. The lowest BCUT2D eigenvalue weighted by Crippen LogP contribution is -2.41. The summed E-state index contributed by atoms with van der Waals surface area (Å²) in [5.74, 6) is -1.44. The van der Waals surface area contributed by atoms with Crippen molar-refractivity contribution in [1.29, 1.82) is 0 Å². The van der Waals surface area contributed by atoms with Gasteiger partial charge in [0.1, 0.15) is 6.04 Å². The minimum atomic E-state index is -1.07. The van der Waals surface area contributed by atoms with Crippen molar-refractivity contribution in [1.82, 2.24) is 5.32 Å². The van der Waals surface area contributed by atoms with Crippen molar-refractivity contribution >= 4 is 23.2 Å². The van der Waals surface area contributed by atoms with Crippen molar-refractivity contribution in [3.8, 4) is 11.1 Å². The fourth-order valence-corrected chi connectivity index (χ4v) is 2.98. The van der Waals surface area contributed by atoms with Crippen LogP contribution < -0.4 is 5.32 Å². The lowest BCUT2D eigenvalue weighted by molar-refractivity contribution is -0.139. The largest absolute Gasteiger partial charge is 0.480 e. The third-order valence-electron chi connectivity index (χ3n) is 3.45. The van der Waals surface area contributed by atoms with Crippen LogP contribution in [-0.2, 0) is 9.53 Å². The second kappa shape index (κ2) is 7.89. The zero-order valence-electron chi connectivity index (χ0n) is 13.0. The Kier molecular flexibility index (Phi) is 5.90. The zero-order valence-corrected chi connectivity index (χ0v) is 13.9. The first-order valence-corrected chi connectivity index (χ1v) is 8.08. The third-order valence-corrected chi connectivity index (χ3v) is 4.36. The quantitative estimate of drug-likeness (QED) is 0.817. The van der Waals surface area contributed by atoms with Crippen LogP contribution in [0.1, 0.15) is 21.7 Å². The van der Waals surface area contributed by atoms with E-state index in [1.165, 1.54) is 18.4 Å². The van der Waals surface area contributed by atoms with E-state index in [2.05, 4.69) is 5.32 Å². The number of nitrogens with one attached hydrogen (secondary N) is 1. The molecule has 0 aliphatic rings. The number of rotatable bonds is 7. The Morgan fingerprint density at radius 2 is 1.96 bits per heavy atom. The number of hydrogen-bond donors (Lipinski definition) is 2. The van der Waals surface area contributed by atoms with Crippen molar-refractivity contribution in [3.63, 3.8) is 0 Å². The van der Waals surface area contributed by atoms with Crippen LogP contribution in [-0.4, -0.2) is 36.7 Å². The Balaban J connectivity index is 2.18. The number of hydrogen-bond acceptors (Lipinski definition) is 4. The molecular formula is C17H19NO4S. The number of carboxylic acid groups (broad SMARTS) is 1. The fourth-order valence-electron chi connectivity index (χ4n) is 2.16. The number of benzene rings is 1. The molecule has 0 bridgehead atoms. The number of methoxy groups -OCH3 is 1. The van der Waals surface area contributed by atoms with Gasteiger partial charge < -0.3 is 15.2 Å². The van der Waals surface area contributed by atoms with Gasteiger partial charge in [0.15, 0.2) is 0 Å². The molecule has 0 saturated carbocycles. The summed E-state index contributed by atoms with van der Waals surface area (Å²) in [5, 5.41) is 13.6. The van der Waals surface area contributed by atoms with Crippen molar-refractivity contribution in [3.05, 3.63) is 46.2 Å². The molecule has 6 heteroatoms. The number of carbonyl (C=O) groups excluding carboxylic acids is 1. The lowest BCUT2D eigenvalue weighted by Gasteiger charge is -2.14. The average Bonchev–Trinajstić information content (AvgIpc) is 3.01. The Morgan fingerprint density at radius 3 is 2.57 bits per heavy atom. The van der Waals surface area contributed by atoms with Crippen molar-refractivity contribution in [2.75, 3.05) is 13.7 Å². The molecule has 2 aromatic rings. The van der Waals surface area contributed by atoms with E-state index in [0.717, 1.165) is 16.7 Å². The Labute approximate surface area is 138 Å². The normalized spacial score (nSPS) is 11.9. The molecular weight excluding hydrogens is 314 g/mol. The molecule has 122 valence electrons. The molecule has 1 aromatic heterocycles. The van der Waals surface area contributed by atoms with Gasteiger partial charge in [-0.15, -0.1) is 11.3 Å². The van der Waals surface area contributed by atoms with E-state index in [-0.39, 0.29) is 18.9 Å². The van der Waals surface area contributed by atoms with Gasteiger partial charge in [-0.05, 0) is 23.9 Å². The van der Waals surface area contributed by atoms with Gasteiger partial charge in [0.2, 0.25) is 0 Å². The van der Waals surface area contributed by atoms with Gasteiger partial charge in [-0.3, -0.25) is 4.79 Å². The SMILES string of the molecule is COCCC(NC(=O)c1sccc1-c1ccc(C)cc1)C(=O)O. The molecule has 1 atom stereocenters. The number of carbonyl (C=O) groups is 2. The summed E-state index contributed by atoms with van der Waals surface area (Å²) >= 11 is 1.30. The first-order valence-electron chi connectivity index (χ1n) is 7.20. The zero-order chi connectivity index (χ0) is 16.8. The second-order valence-electron chi connectivity index (χ2n) is 5.18. The summed E-state index contributed by atoms with van der Waals surface area (Å²) in [6, 6.07) is 8.77. The van der Waals surface area contributed by atoms with Gasteiger partial charge in [0, 0.05) is 25.7 Å². The molecule has 1 aromatic carbocycles. The van der Waals surface area contributed by atoms with Gasteiger partial charge in [0.25, 0.3) is 5.91 Å². The first-order chi connectivity index (χ1) is 11.0. The summed E-state index contributed by atoms with van der Waals surface area (Å²) in [5.41, 5.74) is 2.88. The molecule has 1 amide bonds. The molecule has 0 fully saturated rings. The highest BCUT2D eigenvalue weighted by atomic mass is 32.1. The van der Waals surface area contributed by atoms with Gasteiger partial charge >= 0.3 is 5.97 Å². The average molecular weight is 333 g/mol. The maximum atomic E-state index is 12.4. The second-order valence-corrected chi connectivity index (χ2v) is 6.09. The molecule has 0 spiro atoms. The van der Waals surface area contributed by atoms with E-state index in [1.807, 2.05) is 42.6 Å². The summed E-state index contributed by atoms with van der Waals surface area (Å²) in [6.45, 7) is 2.27. The standard InChI is InChI=1S/C17H19NO4S/c1-11-3-5-12(6-4-11)13-8-10-23-15(13)16(19)18-14(17(20)21)7-9-22-2/h3-6,8,10,14H,7,9H2,1-2H3,(H,18,19)(H,20,21). The highest BCUT2D eigenvalue weighted by molar-refractivity contribution is 7.12. The summed E-state index contributed by atoms with van der Waals surface area (Å²) < 4.78 is 4.89. The van der Waals surface area contributed by atoms with Crippen LogP contribution in [0.4, 0.5) is 0 Å². The van der Waals surface area contributed by atoms with E-state index in [0.29, 0.717) is 4.88 Å². The van der Waals surface area contributed by atoms with Gasteiger partial charge in [-0.1, -0.05) is 29.8 Å². The number of ether oxygens (including phenoxy) is 1. The van der Waals surface area contributed by atoms with Crippen LogP contribution in [0.2, 0.25) is 0 Å². The topological polar surface area (TPSA) is 75.6 Å². The monoisotopic (exact) mass is 333 g/mol. The molecule has 2 N–H and O–H groups in total. The molecule has 1 unspecified atom stereocenters. The van der Waals surface area contributed by atoms with E-state index >= 15 is 0 Å². The molecule has 0 aliphatic carbocycles. The Hall–Kier alpha value is -2.18. The smallest absolute Gasteiger partial charge is 0.326 e. The predicted molar refractivity (Wildman–Crippen MR) is 89.9 cm³/mol. The molecule has 0 aliphatic heterocycles.